The number of allylic oxidation sites excluding steroid dienone is 2. The molecule has 132 valence electrons. The molecule has 0 saturated heterocycles. The normalized spacial score (nSPS) is 20.7. The molecule has 2 aliphatic rings. The van der Waals surface area contributed by atoms with Gasteiger partial charge in [-0.15, -0.1) is 0 Å². The summed E-state index contributed by atoms with van der Waals surface area (Å²) >= 11 is 0. The highest BCUT2D eigenvalue weighted by Crippen LogP contribution is 2.34. The molecule has 5 nitrogen and oxygen atoms in total. The summed E-state index contributed by atoms with van der Waals surface area (Å²) in [6, 6.07) is 0. The molecule has 0 fully saturated rings. The van der Waals surface area contributed by atoms with E-state index < -0.39 is 11.9 Å². The third-order valence-electron chi connectivity index (χ3n) is 4.43. The van der Waals surface area contributed by atoms with E-state index in [1.54, 1.807) is 0 Å². The molecule has 1 amide bonds. The molecule has 0 radical (unpaired) electrons. The number of aromatic nitrogens is 2. The minimum atomic E-state index is -4.49. The van der Waals surface area contributed by atoms with Gasteiger partial charge in [0.15, 0.2) is 5.69 Å². The lowest BCUT2D eigenvalue weighted by Gasteiger charge is -2.18. The Morgan fingerprint density at radius 1 is 1.42 bits per heavy atom. The molecule has 1 aromatic rings. The van der Waals surface area contributed by atoms with Crippen molar-refractivity contribution in [2.75, 3.05) is 13.2 Å². The molecular weight excluding hydrogens is 323 g/mol. The number of halogens is 3. The van der Waals surface area contributed by atoms with E-state index in [1.807, 2.05) is 6.08 Å². The minimum absolute atomic E-state index is 0.0410. The lowest BCUT2D eigenvalue weighted by atomic mass is 9.94. The topological polar surface area (TPSA) is 56.2 Å². The Kier molecular flexibility index (Phi) is 4.93. The third kappa shape index (κ3) is 3.63. The van der Waals surface area contributed by atoms with Gasteiger partial charge in [0.05, 0.1) is 19.8 Å². The summed E-state index contributed by atoms with van der Waals surface area (Å²) < 4.78 is 45.7. The van der Waals surface area contributed by atoms with Crippen molar-refractivity contribution in [3.63, 3.8) is 0 Å². The van der Waals surface area contributed by atoms with Gasteiger partial charge < -0.3 is 10.1 Å². The smallest absolute Gasteiger partial charge is 0.376 e. The molecule has 1 atom stereocenters. The van der Waals surface area contributed by atoms with Crippen molar-refractivity contribution in [1.29, 1.82) is 0 Å². The average molecular weight is 343 g/mol. The van der Waals surface area contributed by atoms with E-state index in [4.69, 9.17) is 4.74 Å². The van der Waals surface area contributed by atoms with E-state index in [0.29, 0.717) is 18.7 Å². The van der Waals surface area contributed by atoms with Crippen LogP contribution >= 0.6 is 0 Å². The second-order valence-electron chi connectivity index (χ2n) is 6.07. The van der Waals surface area contributed by atoms with Gasteiger partial charge in [-0.3, -0.25) is 9.48 Å². The Hall–Kier alpha value is -1.83. The number of carbonyl (C=O) groups excluding carboxylic acids is 1. The minimum Gasteiger partial charge on any atom is -0.376 e. The van der Waals surface area contributed by atoms with Crippen LogP contribution in [0.2, 0.25) is 0 Å². The van der Waals surface area contributed by atoms with E-state index in [0.717, 1.165) is 19.3 Å². The van der Waals surface area contributed by atoms with Crippen molar-refractivity contribution < 1.29 is 22.7 Å². The fraction of sp³-hybridized carbons (Fsp3) is 0.625. The van der Waals surface area contributed by atoms with Crippen LogP contribution in [0.15, 0.2) is 12.2 Å². The first-order chi connectivity index (χ1) is 11.5. The highest BCUT2D eigenvalue weighted by atomic mass is 19.4. The summed E-state index contributed by atoms with van der Waals surface area (Å²) in [5.74, 6) is -0.0829. The van der Waals surface area contributed by atoms with Crippen molar-refractivity contribution in [1.82, 2.24) is 15.1 Å². The summed E-state index contributed by atoms with van der Waals surface area (Å²) in [6.07, 6.45) is 2.38. The Balaban J connectivity index is 1.64. The van der Waals surface area contributed by atoms with E-state index in [9.17, 15) is 18.0 Å². The van der Waals surface area contributed by atoms with Gasteiger partial charge in [-0.1, -0.05) is 12.2 Å². The average Bonchev–Trinajstić information content (AvgIpc) is 2.95. The molecule has 1 aliphatic heterocycles. The number of ether oxygens (including phenoxy) is 1. The maximum atomic E-state index is 13.1. The van der Waals surface area contributed by atoms with Crippen molar-refractivity contribution in [3.8, 4) is 0 Å². The molecule has 0 aromatic carbocycles. The Morgan fingerprint density at radius 3 is 2.96 bits per heavy atom. The quantitative estimate of drug-likeness (QED) is 0.855. The molecule has 0 bridgehead atoms. The standard InChI is InChI=1S/C16H20F3N3O2/c17-16(18,19)14-12-10-24-9-6-13(12)22(21-14)8-7-20-15(23)11-4-2-1-3-5-11/h1-2,11H,3-10H2,(H,20,23). The first kappa shape index (κ1) is 17.0. The number of nitrogens with one attached hydrogen (secondary N) is 1. The van der Waals surface area contributed by atoms with Crippen LogP contribution in [-0.4, -0.2) is 28.8 Å². The number of hydrogen-bond donors (Lipinski definition) is 1. The lowest BCUT2D eigenvalue weighted by Crippen LogP contribution is -2.34. The lowest BCUT2D eigenvalue weighted by molar-refractivity contribution is -0.142. The zero-order valence-corrected chi connectivity index (χ0v) is 13.2. The molecule has 2 heterocycles. The zero-order valence-electron chi connectivity index (χ0n) is 13.2. The highest BCUT2D eigenvalue weighted by molar-refractivity contribution is 5.78. The Bertz CT molecular complexity index is 637. The van der Waals surface area contributed by atoms with Crippen LogP contribution < -0.4 is 5.32 Å². The number of hydrogen-bond acceptors (Lipinski definition) is 3. The van der Waals surface area contributed by atoms with Crippen LogP contribution in [-0.2, 0) is 35.3 Å². The molecule has 1 N–H and O–H groups in total. The largest absolute Gasteiger partial charge is 0.435 e. The molecule has 0 spiro atoms. The Morgan fingerprint density at radius 2 is 2.25 bits per heavy atom. The van der Waals surface area contributed by atoms with E-state index >= 15 is 0 Å². The molecule has 1 aromatic heterocycles. The van der Waals surface area contributed by atoms with Crippen molar-refractivity contribution in [2.45, 2.75) is 45.0 Å². The van der Waals surface area contributed by atoms with Crippen LogP contribution in [0.25, 0.3) is 0 Å². The molecule has 1 unspecified atom stereocenters. The van der Waals surface area contributed by atoms with Gasteiger partial charge in [0, 0.05) is 30.1 Å². The highest BCUT2D eigenvalue weighted by Gasteiger charge is 2.39. The van der Waals surface area contributed by atoms with E-state index in [-0.39, 0.29) is 37.1 Å². The summed E-state index contributed by atoms with van der Waals surface area (Å²) in [4.78, 5) is 12.1. The van der Waals surface area contributed by atoms with Gasteiger partial charge in [0.1, 0.15) is 0 Å². The van der Waals surface area contributed by atoms with Gasteiger partial charge in [-0.25, -0.2) is 0 Å². The van der Waals surface area contributed by atoms with Crippen molar-refractivity contribution in [3.05, 3.63) is 29.1 Å². The third-order valence-corrected chi connectivity index (χ3v) is 4.43. The molecule has 0 saturated carbocycles. The summed E-state index contributed by atoms with van der Waals surface area (Å²) in [6.45, 7) is 0.819. The number of alkyl halides is 3. The number of carbonyl (C=O) groups is 1. The molecular formula is C16H20F3N3O2. The van der Waals surface area contributed by atoms with Crippen LogP contribution in [0.1, 0.15) is 36.2 Å². The van der Waals surface area contributed by atoms with Gasteiger partial charge in [-0.2, -0.15) is 18.3 Å². The first-order valence-electron chi connectivity index (χ1n) is 8.13. The van der Waals surface area contributed by atoms with E-state index in [2.05, 4.69) is 16.5 Å². The summed E-state index contributed by atoms with van der Waals surface area (Å²) in [5.41, 5.74) is -0.193. The van der Waals surface area contributed by atoms with Crippen molar-refractivity contribution in [2.24, 2.45) is 5.92 Å². The SMILES string of the molecule is O=C(NCCn1nc(C(F)(F)F)c2c1CCOC2)C1CC=CCC1. The molecule has 3 rings (SSSR count). The number of rotatable bonds is 4. The Labute approximate surface area is 137 Å². The maximum absolute atomic E-state index is 13.1. The first-order valence-corrected chi connectivity index (χ1v) is 8.13. The van der Waals surface area contributed by atoms with Crippen LogP contribution in [0, 0.1) is 5.92 Å². The zero-order chi connectivity index (χ0) is 17.2. The van der Waals surface area contributed by atoms with Crippen LogP contribution in [0.3, 0.4) is 0 Å². The predicted octanol–water partition coefficient (Wildman–Crippen LogP) is 2.45. The fourth-order valence-corrected chi connectivity index (χ4v) is 3.18. The van der Waals surface area contributed by atoms with Crippen LogP contribution in [0.4, 0.5) is 13.2 Å². The predicted molar refractivity (Wildman–Crippen MR) is 80.1 cm³/mol. The fourth-order valence-electron chi connectivity index (χ4n) is 3.18. The second-order valence-corrected chi connectivity index (χ2v) is 6.07. The van der Waals surface area contributed by atoms with E-state index in [1.165, 1.54) is 4.68 Å². The molecule has 8 heteroatoms. The van der Waals surface area contributed by atoms with Gasteiger partial charge in [-0.05, 0) is 19.3 Å². The number of amides is 1. The van der Waals surface area contributed by atoms with Crippen molar-refractivity contribution >= 4 is 5.91 Å². The monoisotopic (exact) mass is 343 g/mol. The summed E-state index contributed by atoms with van der Waals surface area (Å²) in [5, 5.41) is 6.53. The summed E-state index contributed by atoms with van der Waals surface area (Å²) in [7, 11) is 0. The molecule has 24 heavy (non-hydrogen) atoms. The number of nitrogens with zero attached hydrogens (tertiary/aromatic N) is 2. The molecule has 1 aliphatic carbocycles. The maximum Gasteiger partial charge on any atom is 0.435 e. The van der Waals surface area contributed by atoms with Gasteiger partial charge >= 0.3 is 6.18 Å². The van der Waals surface area contributed by atoms with Crippen LogP contribution in [0.5, 0.6) is 0 Å². The number of fused-ring (bicyclic) bond motifs is 1. The second kappa shape index (κ2) is 6.96. The van der Waals surface area contributed by atoms with Gasteiger partial charge in [0.2, 0.25) is 5.91 Å². The van der Waals surface area contributed by atoms with Gasteiger partial charge in [0.25, 0.3) is 0 Å².